The van der Waals surface area contributed by atoms with Gasteiger partial charge < -0.3 is 5.73 Å². The first-order valence-electron chi connectivity index (χ1n) is 7.19. The van der Waals surface area contributed by atoms with Crippen LogP contribution in [0.15, 0.2) is 54.6 Å². The van der Waals surface area contributed by atoms with Crippen LogP contribution < -0.4 is 5.73 Å². The van der Waals surface area contributed by atoms with E-state index in [9.17, 15) is 0 Å². The summed E-state index contributed by atoms with van der Waals surface area (Å²) in [5.74, 6) is 0. The molecule has 2 aromatic carbocycles. The molecular formula is C18H21N. The smallest absolute Gasteiger partial charge is 0.0453 e. The Morgan fingerprint density at radius 1 is 0.895 bits per heavy atom. The highest BCUT2D eigenvalue weighted by atomic mass is 14.7. The zero-order valence-corrected chi connectivity index (χ0v) is 11.3. The summed E-state index contributed by atoms with van der Waals surface area (Å²) < 4.78 is 0. The third-order valence-corrected chi connectivity index (χ3v) is 4.24. The fourth-order valence-electron chi connectivity index (χ4n) is 3.26. The van der Waals surface area contributed by atoms with E-state index in [0.717, 1.165) is 12.8 Å². The Hall–Kier alpha value is -1.60. The predicted molar refractivity (Wildman–Crippen MR) is 80.0 cm³/mol. The van der Waals surface area contributed by atoms with Gasteiger partial charge in [-0.3, -0.25) is 0 Å². The molecule has 19 heavy (non-hydrogen) atoms. The molecule has 0 spiro atoms. The van der Waals surface area contributed by atoms with Crippen LogP contribution in [-0.2, 0) is 18.4 Å². The summed E-state index contributed by atoms with van der Waals surface area (Å²) >= 11 is 0. The van der Waals surface area contributed by atoms with E-state index in [-0.39, 0.29) is 5.54 Å². The lowest BCUT2D eigenvalue weighted by Gasteiger charge is -2.30. The average Bonchev–Trinajstić information content (AvgIpc) is 2.60. The molecule has 0 aromatic heterocycles. The van der Waals surface area contributed by atoms with Gasteiger partial charge in [0.15, 0.2) is 0 Å². The van der Waals surface area contributed by atoms with E-state index in [1.54, 1.807) is 0 Å². The first kappa shape index (κ1) is 12.4. The van der Waals surface area contributed by atoms with Crippen molar-refractivity contribution in [2.75, 3.05) is 0 Å². The fraction of sp³-hybridized carbons (Fsp3) is 0.333. The van der Waals surface area contributed by atoms with Crippen molar-refractivity contribution in [2.45, 2.75) is 37.6 Å². The van der Waals surface area contributed by atoms with Crippen LogP contribution in [0.1, 0.15) is 36.0 Å². The van der Waals surface area contributed by atoms with Gasteiger partial charge >= 0.3 is 0 Å². The van der Waals surface area contributed by atoms with E-state index in [4.69, 9.17) is 5.73 Å². The minimum atomic E-state index is -0.200. The summed E-state index contributed by atoms with van der Waals surface area (Å²) in [7, 11) is 0. The molecule has 1 unspecified atom stereocenters. The lowest BCUT2D eigenvalue weighted by molar-refractivity contribution is 0.399. The highest BCUT2D eigenvalue weighted by Crippen LogP contribution is 2.34. The zero-order valence-electron chi connectivity index (χ0n) is 11.3. The Morgan fingerprint density at radius 2 is 1.63 bits per heavy atom. The Morgan fingerprint density at radius 3 is 2.47 bits per heavy atom. The second-order valence-corrected chi connectivity index (χ2v) is 5.68. The molecule has 2 aromatic rings. The number of fused-ring (bicyclic) bond motifs is 1. The molecule has 1 aliphatic rings. The fourth-order valence-corrected chi connectivity index (χ4v) is 3.26. The Kier molecular flexibility index (Phi) is 3.39. The molecule has 0 saturated heterocycles. The standard InChI is InChI=1S/C18H21N/c19-18(14-15-8-2-1-3-9-15)13-7-6-11-16-10-4-5-12-17(16)18/h1-5,8-10,12H,6-7,11,13-14,19H2. The first-order chi connectivity index (χ1) is 9.28. The maximum absolute atomic E-state index is 6.80. The van der Waals surface area contributed by atoms with Gasteiger partial charge in [-0.25, -0.2) is 0 Å². The molecule has 0 radical (unpaired) electrons. The van der Waals surface area contributed by atoms with Gasteiger partial charge in [-0.1, -0.05) is 61.0 Å². The summed E-state index contributed by atoms with van der Waals surface area (Å²) in [5.41, 5.74) is 10.7. The molecule has 0 saturated carbocycles. The molecule has 0 aliphatic heterocycles. The van der Waals surface area contributed by atoms with E-state index in [0.29, 0.717) is 0 Å². The molecule has 0 amide bonds. The van der Waals surface area contributed by atoms with Crippen LogP contribution in [0.5, 0.6) is 0 Å². The van der Waals surface area contributed by atoms with Gasteiger partial charge in [0, 0.05) is 5.54 Å². The second kappa shape index (κ2) is 5.18. The average molecular weight is 251 g/mol. The van der Waals surface area contributed by atoms with Crippen molar-refractivity contribution in [3.8, 4) is 0 Å². The van der Waals surface area contributed by atoms with Crippen LogP contribution in [0, 0.1) is 0 Å². The molecular weight excluding hydrogens is 230 g/mol. The number of nitrogens with two attached hydrogens (primary N) is 1. The predicted octanol–water partition coefficient (Wildman–Crippen LogP) is 3.81. The number of aryl methyl sites for hydroxylation is 1. The van der Waals surface area contributed by atoms with Crippen LogP contribution in [0.4, 0.5) is 0 Å². The summed E-state index contributed by atoms with van der Waals surface area (Å²) in [4.78, 5) is 0. The van der Waals surface area contributed by atoms with Crippen molar-refractivity contribution in [1.82, 2.24) is 0 Å². The normalized spacial score (nSPS) is 22.6. The maximum atomic E-state index is 6.80. The maximum Gasteiger partial charge on any atom is 0.0453 e. The monoisotopic (exact) mass is 251 g/mol. The lowest BCUT2D eigenvalue weighted by atomic mass is 9.80. The molecule has 1 atom stereocenters. The van der Waals surface area contributed by atoms with E-state index in [2.05, 4.69) is 54.6 Å². The topological polar surface area (TPSA) is 26.0 Å². The van der Waals surface area contributed by atoms with Crippen LogP contribution >= 0.6 is 0 Å². The molecule has 0 fully saturated rings. The molecule has 3 rings (SSSR count). The molecule has 1 heteroatoms. The molecule has 0 bridgehead atoms. The second-order valence-electron chi connectivity index (χ2n) is 5.68. The van der Waals surface area contributed by atoms with E-state index >= 15 is 0 Å². The number of hydrogen-bond acceptors (Lipinski definition) is 1. The van der Waals surface area contributed by atoms with Gasteiger partial charge in [0.1, 0.15) is 0 Å². The lowest BCUT2D eigenvalue weighted by Crippen LogP contribution is -2.39. The SMILES string of the molecule is NC1(Cc2ccccc2)CCCCc2ccccc21. The Balaban J connectivity index is 1.98. The summed E-state index contributed by atoms with van der Waals surface area (Å²) in [6, 6.07) is 19.3. The van der Waals surface area contributed by atoms with Gasteiger partial charge in [-0.2, -0.15) is 0 Å². The molecule has 0 heterocycles. The van der Waals surface area contributed by atoms with E-state index in [1.165, 1.54) is 36.0 Å². The van der Waals surface area contributed by atoms with Crippen molar-refractivity contribution in [2.24, 2.45) is 5.73 Å². The van der Waals surface area contributed by atoms with Crippen LogP contribution in [0.25, 0.3) is 0 Å². The van der Waals surface area contributed by atoms with Gasteiger partial charge in [-0.15, -0.1) is 0 Å². The molecule has 1 nitrogen and oxygen atoms in total. The molecule has 1 aliphatic carbocycles. The highest BCUT2D eigenvalue weighted by Gasteiger charge is 2.31. The van der Waals surface area contributed by atoms with Crippen molar-refractivity contribution in [3.05, 3.63) is 71.3 Å². The summed E-state index contributed by atoms with van der Waals surface area (Å²) in [5, 5.41) is 0. The third kappa shape index (κ3) is 2.57. The third-order valence-electron chi connectivity index (χ3n) is 4.24. The van der Waals surface area contributed by atoms with Crippen molar-refractivity contribution < 1.29 is 0 Å². The minimum absolute atomic E-state index is 0.200. The molecule has 2 N–H and O–H groups in total. The highest BCUT2D eigenvalue weighted by molar-refractivity contribution is 5.36. The Labute approximate surface area is 115 Å². The van der Waals surface area contributed by atoms with Gasteiger partial charge in [-0.05, 0) is 42.4 Å². The minimum Gasteiger partial charge on any atom is -0.321 e. The van der Waals surface area contributed by atoms with E-state index < -0.39 is 0 Å². The zero-order chi connectivity index (χ0) is 13.1. The number of benzene rings is 2. The largest absolute Gasteiger partial charge is 0.321 e. The van der Waals surface area contributed by atoms with Crippen LogP contribution in [-0.4, -0.2) is 0 Å². The number of rotatable bonds is 2. The summed E-state index contributed by atoms with van der Waals surface area (Å²) in [6.07, 6.45) is 5.66. The quantitative estimate of drug-likeness (QED) is 0.807. The van der Waals surface area contributed by atoms with Gasteiger partial charge in [0.25, 0.3) is 0 Å². The van der Waals surface area contributed by atoms with Crippen molar-refractivity contribution >= 4 is 0 Å². The van der Waals surface area contributed by atoms with Gasteiger partial charge in [0.2, 0.25) is 0 Å². The van der Waals surface area contributed by atoms with Crippen LogP contribution in [0.2, 0.25) is 0 Å². The van der Waals surface area contributed by atoms with Crippen molar-refractivity contribution in [1.29, 1.82) is 0 Å². The van der Waals surface area contributed by atoms with Crippen molar-refractivity contribution in [3.63, 3.8) is 0 Å². The first-order valence-corrected chi connectivity index (χ1v) is 7.19. The van der Waals surface area contributed by atoms with E-state index in [1.807, 2.05) is 0 Å². The summed E-state index contributed by atoms with van der Waals surface area (Å²) in [6.45, 7) is 0. The van der Waals surface area contributed by atoms with Gasteiger partial charge in [0.05, 0.1) is 0 Å². The molecule has 98 valence electrons. The number of hydrogen-bond donors (Lipinski definition) is 1. The van der Waals surface area contributed by atoms with Crippen LogP contribution in [0.3, 0.4) is 0 Å². The Bertz CT molecular complexity index is 547.